The molecule has 2 aromatic rings. The maximum Gasteiger partial charge on any atom is 0.253 e. The molecule has 0 aliphatic carbocycles. The van der Waals surface area contributed by atoms with Crippen LogP contribution in [0.15, 0.2) is 54.6 Å². The second-order valence-electron chi connectivity index (χ2n) is 8.05. The SMILES string of the molecule is COc1cccc(C(=O)N2CCC3(CC2)NC(C(=O)NCCc2ccccc2)CS3)c1. The molecule has 2 heterocycles. The van der Waals surface area contributed by atoms with E-state index in [1.165, 1.54) is 5.56 Å². The molecule has 7 heteroatoms. The molecule has 0 aromatic heterocycles. The minimum Gasteiger partial charge on any atom is -0.497 e. The van der Waals surface area contributed by atoms with E-state index in [-0.39, 0.29) is 22.7 Å². The molecule has 0 radical (unpaired) electrons. The van der Waals surface area contributed by atoms with Crippen molar-refractivity contribution in [1.29, 1.82) is 0 Å². The van der Waals surface area contributed by atoms with Crippen LogP contribution in [0.5, 0.6) is 5.75 Å². The fraction of sp³-hybridized carbons (Fsp3) is 0.417. The Morgan fingerprint density at radius 2 is 1.94 bits per heavy atom. The smallest absolute Gasteiger partial charge is 0.253 e. The highest BCUT2D eigenvalue weighted by Crippen LogP contribution is 2.39. The van der Waals surface area contributed by atoms with Gasteiger partial charge in [0.1, 0.15) is 5.75 Å². The second-order valence-corrected chi connectivity index (χ2v) is 9.46. The van der Waals surface area contributed by atoms with E-state index in [0.717, 1.165) is 25.0 Å². The Kier molecular flexibility index (Phi) is 6.83. The first kappa shape index (κ1) is 21.7. The Bertz CT molecular complexity index is 913. The standard InChI is InChI=1S/C24H29N3O3S/c1-30-20-9-5-8-19(16-20)23(29)27-14-11-24(12-15-27)26-21(17-31-24)22(28)25-13-10-18-6-3-2-4-7-18/h2-9,16,21,26H,10-15,17H2,1H3,(H,25,28). The van der Waals surface area contributed by atoms with Gasteiger partial charge in [-0.05, 0) is 43.0 Å². The summed E-state index contributed by atoms with van der Waals surface area (Å²) in [4.78, 5) is 27.3. The van der Waals surface area contributed by atoms with Crippen LogP contribution < -0.4 is 15.4 Å². The third-order valence-corrected chi connectivity index (χ3v) is 7.59. The fourth-order valence-electron chi connectivity index (χ4n) is 4.18. The van der Waals surface area contributed by atoms with Crippen LogP contribution in [0.4, 0.5) is 0 Å². The lowest BCUT2D eigenvalue weighted by atomic mass is 10.0. The lowest BCUT2D eigenvalue weighted by Crippen LogP contribution is -2.54. The van der Waals surface area contributed by atoms with Gasteiger partial charge in [0, 0.05) is 31.0 Å². The van der Waals surface area contributed by atoms with Crippen LogP contribution in [0.1, 0.15) is 28.8 Å². The minimum absolute atomic E-state index is 0.0342. The molecule has 6 nitrogen and oxygen atoms in total. The molecule has 2 saturated heterocycles. The molecule has 2 fully saturated rings. The average molecular weight is 440 g/mol. The molecule has 1 spiro atoms. The molecule has 1 unspecified atom stereocenters. The van der Waals surface area contributed by atoms with E-state index >= 15 is 0 Å². The molecule has 164 valence electrons. The van der Waals surface area contributed by atoms with Gasteiger partial charge in [-0.15, -0.1) is 11.8 Å². The van der Waals surface area contributed by atoms with Crippen molar-refractivity contribution < 1.29 is 14.3 Å². The van der Waals surface area contributed by atoms with Crippen molar-refractivity contribution in [3.8, 4) is 5.75 Å². The lowest BCUT2D eigenvalue weighted by Gasteiger charge is -2.39. The van der Waals surface area contributed by atoms with Crippen LogP contribution in [0.2, 0.25) is 0 Å². The zero-order valence-corrected chi connectivity index (χ0v) is 18.6. The number of amides is 2. The van der Waals surface area contributed by atoms with Gasteiger partial charge >= 0.3 is 0 Å². The first-order chi connectivity index (χ1) is 15.1. The summed E-state index contributed by atoms with van der Waals surface area (Å²) >= 11 is 1.82. The van der Waals surface area contributed by atoms with Crippen molar-refractivity contribution in [2.24, 2.45) is 0 Å². The molecule has 2 aromatic carbocycles. The number of thioether (sulfide) groups is 1. The van der Waals surface area contributed by atoms with E-state index < -0.39 is 0 Å². The van der Waals surface area contributed by atoms with Gasteiger partial charge in [0.15, 0.2) is 0 Å². The van der Waals surface area contributed by atoms with E-state index in [2.05, 4.69) is 22.8 Å². The van der Waals surface area contributed by atoms with Gasteiger partial charge in [-0.1, -0.05) is 36.4 Å². The summed E-state index contributed by atoms with van der Waals surface area (Å²) in [5.74, 6) is 1.55. The largest absolute Gasteiger partial charge is 0.497 e. The molecule has 2 amide bonds. The van der Waals surface area contributed by atoms with E-state index in [1.807, 2.05) is 53.1 Å². The number of nitrogens with one attached hydrogen (secondary N) is 2. The van der Waals surface area contributed by atoms with E-state index in [4.69, 9.17) is 4.74 Å². The summed E-state index contributed by atoms with van der Waals surface area (Å²) in [5, 5.41) is 6.63. The molecule has 2 N–H and O–H groups in total. The summed E-state index contributed by atoms with van der Waals surface area (Å²) in [6.45, 7) is 2.00. The molecule has 0 bridgehead atoms. The van der Waals surface area contributed by atoms with E-state index in [0.29, 0.717) is 30.9 Å². The zero-order chi connectivity index (χ0) is 21.7. The number of methoxy groups -OCH3 is 1. The third-order valence-electron chi connectivity index (χ3n) is 6.01. The summed E-state index contributed by atoms with van der Waals surface area (Å²) in [5.41, 5.74) is 1.87. The molecule has 2 aliphatic rings. The molecule has 1 atom stereocenters. The Balaban J connectivity index is 1.25. The van der Waals surface area contributed by atoms with Crippen molar-refractivity contribution in [1.82, 2.24) is 15.5 Å². The highest BCUT2D eigenvalue weighted by Gasteiger charge is 2.44. The van der Waals surface area contributed by atoms with Crippen molar-refractivity contribution in [2.75, 3.05) is 32.5 Å². The maximum atomic E-state index is 12.9. The Morgan fingerprint density at radius 1 is 1.16 bits per heavy atom. The van der Waals surface area contributed by atoms with Gasteiger partial charge in [-0.3, -0.25) is 14.9 Å². The highest BCUT2D eigenvalue weighted by atomic mass is 32.2. The first-order valence-corrected chi connectivity index (χ1v) is 11.7. The predicted molar refractivity (Wildman–Crippen MR) is 123 cm³/mol. The fourth-order valence-corrected chi connectivity index (χ4v) is 5.60. The molecule has 4 rings (SSSR count). The number of ether oxygens (including phenoxy) is 1. The number of nitrogens with zero attached hydrogens (tertiary/aromatic N) is 1. The Hall–Kier alpha value is -2.51. The van der Waals surface area contributed by atoms with Gasteiger partial charge in [0.2, 0.25) is 5.91 Å². The molecule has 0 saturated carbocycles. The zero-order valence-electron chi connectivity index (χ0n) is 17.8. The predicted octanol–water partition coefficient (Wildman–Crippen LogP) is 2.69. The van der Waals surface area contributed by atoms with Gasteiger partial charge < -0.3 is 15.0 Å². The van der Waals surface area contributed by atoms with Crippen LogP contribution in [0.3, 0.4) is 0 Å². The first-order valence-electron chi connectivity index (χ1n) is 10.8. The van der Waals surface area contributed by atoms with Crippen LogP contribution in [0, 0.1) is 0 Å². The molecular formula is C24H29N3O3S. The molecular weight excluding hydrogens is 410 g/mol. The summed E-state index contributed by atoms with van der Waals surface area (Å²) in [6, 6.07) is 17.3. The second kappa shape index (κ2) is 9.75. The molecule has 31 heavy (non-hydrogen) atoms. The number of likely N-dealkylation sites (tertiary alicyclic amines) is 1. The van der Waals surface area contributed by atoms with Crippen LogP contribution in [0.25, 0.3) is 0 Å². The number of rotatable bonds is 6. The third kappa shape index (κ3) is 5.22. The summed E-state index contributed by atoms with van der Waals surface area (Å²) < 4.78 is 5.23. The van der Waals surface area contributed by atoms with Crippen molar-refractivity contribution in [3.05, 3.63) is 65.7 Å². The number of hydrogen-bond acceptors (Lipinski definition) is 5. The van der Waals surface area contributed by atoms with Crippen LogP contribution in [-0.2, 0) is 11.2 Å². The monoisotopic (exact) mass is 439 g/mol. The number of benzene rings is 2. The van der Waals surface area contributed by atoms with Crippen LogP contribution in [-0.4, -0.2) is 60.1 Å². The van der Waals surface area contributed by atoms with Gasteiger partial charge in [-0.2, -0.15) is 0 Å². The Labute approximate surface area is 187 Å². The number of carbonyl (C=O) groups excluding carboxylic acids is 2. The van der Waals surface area contributed by atoms with Crippen molar-refractivity contribution in [2.45, 2.75) is 30.2 Å². The summed E-state index contributed by atoms with van der Waals surface area (Å²) in [7, 11) is 1.60. The number of hydrogen-bond donors (Lipinski definition) is 2. The van der Waals surface area contributed by atoms with Gasteiger partial charge in [0.05, 0.1) is 18.0 Å². The summed E-state index contributed by atoms with van der Waals surface area (Å²) in [6.07, 6.45) is 2.50. The van der Waals surface area contributed by atoms with Gasteiger partial charge in [0.25, 0.3) is 5.91 Å². The topological polar surface area (TPSA) is 70.7 Å². The van der Waals surface area contributed by atoms with Crippen molar-refractivity contribution in [3.63, 3.8) is 0 Å². The maximum absolute atomic E-state index is 12.9. The number of piperidine rings is 1. The molecule has 2 aliphatic heterocycles. The number of carbonyl (C=O) groups is 2. The van der Waals surface area contributed by atoms with E-state index in [1.54, 1.807) is 13.2 Å². The normalized spacial score (nSPS) is 19.9. The highest BCUT2D eigenvalue weighted by molar-refractivity contribution is 8.01. The van der Waals surface area contributed by atoms with Crippen molar-refractivity contribution >= 4 is 23.6 Å². The lowest BCUT2D eigenvalue weighted by molar-refractivity contribution is -0.122. The average Bonchev–Trinajstić information content (AvgIpc) is 3.23. The van der Waals surface area contributed by atoms with Crippen LogP contribution >= 0.6 is 11.8 Å². The van der Waals surface area contributed by atoms with Gasteiger partial charge in [-0.25, -0.2) is 0 Å². The minimum atomic E-state index is -0.179. The quantitative estimate of drug-likeness (QED) is 0.724. The Morgan fingerprint density at radius 3 is 2.68 bits per heavy atom. The van der Waals surface area contributed by atoms with E-state index in [9.17, 15) is 9.59 Å².